The fraction of sp³-hybridized carbons (Fsp3) is 0.133. The second kappa shape index (κ2) is 7.04. The number of anilines is 1. The van der Waals surface area contributed by atoms with Crippen LogP contribution in [0, 0.1) is 0 Å². The lowest BCUT2D eigenvalue weighted by molar-refractivity contribution is -0.274. The van der Waals surface area contributed by atoms with E-state index >= 15 is 0 Å². The number of amides is 1. The number of aromatic nitrogens is 2. The van der Waals surface area contributed by atoms with E-state index in [0.29, 0.717) is 4.88 Å². The molecular formula is C15H10F3N3O4S. The highest BCUT2D eigenvalue weighted by Gasteiger charge is 2.30. The highest BCUT2D eigenvalue weighted by Crippen LogP contribution is 2.24. The summed E-state index contributed by atoms with van der Waals surface area (Å²) in [4.78, 5) is 24.4. The van der Waals surface area contributed by atoms with Gasteiger partial charge in [0.2, 0.25) is 5.91 Å². The van der Waals surface area contributed by atoms with E-state index in [9.17, 15) is 22.8 Å². The molecule has 0 spiro atoms. The van der Waals surface area contributed by atoms with Gasteiger partial charge in [0.1, 0.15) is 12.3 Å². The molecule has 1 aromatic carbocycles. The van der Waals surface area contributed by atoms with Crippen LogP contribution in [0.1, 0.15) is 0 Å². The molecule has 1 amide bonds. The Hall–Kier alpha value is -3.08. The number of hydrogen-bond donors (Lipinski definition) is 1. The van der Waals surface area contributed by atoms with E-state index in [0.717, 1.165) is 16.8 Å². The highest BCUT2D eigenvalue weighted by atomic mass is 32.1. The number of carbonyl (C=O) groups is 1. The maximum absolute atomic E-state index is 12.1. The molecule has 0 saturated heterocycles. The molecule has 0 aliphatic carbocycles. The Morgan fingerprint density at radius 3 is 2.62 bits per heavy atom. The van der Waals surface area contributed by atoms with Gasteiger partial charge >= 0.3 is 12.1 Å². The normalized spacial score (nSPS) is 11.3. The number of thiophene rings is 1. The molecule has 0 aliphatic rings. The quantitative estimate of drug-likeness (QED) is 0.729. The number of hydrogen-bond acceptors (Lipinski definition) is 6. The number of halogens is 3. The van der Waals surface area contributed by atoms with Gasteiger partial charge in [-0.1, -0.05) is 6.07 Å². The zero-order chi connectivity index (χ0) is 18.7. The van der Waals surface area contributed by atoms with Crippen molar-refractivity contribution in [2.45, 2.75) is 12.9 Å². The Morgan fingerprint density at radius 1 is 1.27 bits per heavy atom. The van der Waals surface area contributed by atoms with Crippen LogP contribution in [0.5, 0.6) is 5.75 Å². The first kappa shape index (κ1) is 17.7. The third-order valence-corrected chi connectivity index (χ3v) is 3.86. The summed E-state index contributed by atoms with van der Waals surface area (Å²) in [6.07, 6.45) is -4.79. The Balaban J connectivity index is 1.63. The van der Waals surface area contributed by atoms with Crippen LogP contribution in [0.15, 0.2) is 51.0 Å². The van der Waals surface area contributed by atoms with Crippen LogP contribution in [0.2, 0.25) is 0 Å². The molecule has 2 heterocycles. The first-order valence-electron chi connectivity index (χ1n) is 7.08. The van der Waals surface area contributed by atoms with Crippen LogP contribution in [-0.4, -0.2) is 22.1 Å². The van der Waals surface area contributed by atoms with Gasteiger partial charge in [0.25, 0.3) is 5.89 Å². The molecule has 3 rings (SSSR count). The number of carbonyl (C=O) groups excluding carboxylic acids is 1. The predicted molar refractivity (Wildman–Crippen MR) is 85.8 cm³/mol. The van der Waals surface area contributed by atoms with Gasteiger partial charge in [-0.25, -0.2) is 4.79 Å². The van der Waals surface area contributed by atoms with E-state index in [1.807, 2.05) is 0 Å². The number of rotatable bonds is 5. The minimum absolute atomic E-state index is 0.103. The first-order valence-corrected chi connectivity index (χ1v) is 7.95. The third kappa shape index (κ3) is 4.51. The first-order chi connectivity index (χ1) is 12.3. The lowest BCUT2D eigenvalue weighted by atomic mass is 10.3. The third-order valence-electron chi connectivity index (χ3n) is 3.00. The van der Waals surface area contributed by atoms with Gasteiger partial charge in [-0.3, -0.25) is 4.79 Å². The summed E-state index contributed by atoms with van der Waals surface area (Å²) in [5, 5.41) is 8.15. The second-order valence-electron chi connectivity index (χ2n) is 4.93. The van der Waals surface area contributed by atoms with Crippen LogP contribution >= 0.6 is 11.3 Å². The Kier molecular flexibility index (Phi) is 4.80. The summed E-state index contributed by atoms with van der Waals surface area (Å²) < 4.78 is 45.9. The number of benzene rings is 1. The van der Waals surface area contributed by atoms with Crippen LogP contribution in [-0.2, 0) is 11.3 Å². The minimum atomic E-state index is -4.79. The Bertz CT molecular complexity index is 946. The summed E-state index contributed by atoms with van der Waals surface area (Å²) in [6, 6.07) is 8.06. The summed E-state index contributed by atoms with van der Waals surface area (Å²) in [5.41, 5.74) is 0.236. The number of alkyl halides is 3. The highest BCUT2D eigenvalue weighted by molar-refractivity contribution is 7.13. The van der Waals surface area contributed by atoms with Gasteiger partial charge in [-0.15, -0.1) is 29.6 Å². The average Bonchev–Trinajstić information content (AvgIpc) is 3.18. The molecule has 2 aromatic heterocycles. The van der Waals surface area contributed by atoms with Crippen LogP contribution in [0.4, 0.5) is 18.9 Å². The van der Waals surface area contributed by atoms with Crippen molar-refractivity contribution in [1.29, 1.82) is 0 Å². The SMILES string of the molecule is O=C(Cn1nc(-c2cccs2)oc1=O)Nc1ccc(OC(F)(F)F)cc1. The van der Waals surface area contributed by atoms with Gasteiger partial charge in [0.05, 0.1) is 4.88 Å². The molecule has 136 valence electrons. The zero-order valence-electron chi connectivity index (χ0n) is 12.8. The van der Waals surface area contributed by atoms with Crippen molar-refractivity contribution in [2.75, 3.05) is 5.32 Å². The van der Waals surface area contributed by atoms with E-state index in [4.69, 9.17) is 4.42 Å². The van der Waals surface area contributed by atoms with Gasteiger partial charge in [-0.2, -0.15) is 4.68 Å². The summed E-state index contributed by atoms with van der Waals surface area (Å²) in [6.45, 7) is -0.408. The van der Waals surface area contributed by atoms with E-state index < -0.39 is 30.3 Å². The number of nitrogens with zero attached hydrogens (tertiary/aromatic N) is 2. The molecule has 0 fully saturated rings. The predicted octanol–water partition coefficient (Wildman–Crippen LogP) is 3.10. The molecule has 0 saturated carbocycles. The Labute approximate surface area is 147 Å². The fourth-order valence-corrected chi connectivity index (χ4v) is 2.63. The monoisotopic (exact) mass is 385 g/mol. The van der Waals surface area contributed by atoms with Crippen molar-refractivity contribution >= 4 is 22.9 Å². The van der Waals surface area contributed by atoms with Gasteiger partial charge < -0.3 is 14.5 Å². The number of nitrogens with one attached hydrogen (secondary N) is 1. The Morgan fingerprint density at radius 2 is 2.00 bits per heavy atom. The molecule has 0 atom stereocenters. The van der Waals surface area contributed by atoms with Crippen molar-refractivity contribution in [2.24, 2.45) is 0 Å². The maximum Gasteiger partial charge on any atom is 0.573 e. The van der Waals surface area contributed by atoms with Crippen molar-refractivity contribution < 1.29 is 27.1 Å². The molecule has 0 aliphatic heterocycles. The van der Waals surface area contributed by atoms with E-state index in [1.165, 1.54) is 23.5 Å². The topological polar surface area (TPSA) is 86.4 Å². The minimum Gasteiger partial charge on any atom is -0.406 e. The van der Waals surface area contributed by atoms with Crippen molar-refractivity contribution in [3.8, 4) is 16.5 Å². The molecule has 7 nitrogen and oxygen atoms in total. The molecular weight excluding hydrogens is 375 g/mol. The van der Waals surface area contributed by atoms with Crippen LogP contribution < -0.4 is 15.8 Å². The number of ether oxygens (including phenoxy) is 1. The van der Waals surface area contributed by atoms with Crippen molar-refractivity contribution in [1.82, 2.24) is 9.78 Å². The van der Waals surface area contributed by atoms with Crippen LogP contribution in [0.25, 0.3) is 10.8 Å². The largest absolute Gasteiger partial charge is 0.573 e. The van der Waals surface area contributed by atoms with Gasteiger partial charge in [-0.05, 0) is 35.7 Å². The second-order valence-corrected chi connectivity index (χ2v) is 5.88. The molecule has 0 radical (unpaired) electrons. The molecule has 0 bridgehead atoms. The van der Waals surface area contributed by atoms with E-state index in [2.05, 4.69) is 15.2 Å². The average molecular weight is 385 g/mol. The van der Waals surface area contributed by atoms with Gasteiger partial charge in [0.15, 0.2) is 0 Å². The molecule has 1 N–H and O–H groups in total. The molecule has 11 heteroatoms. The summed E-state index contributed by atoms with van der Waals surface area (Å²) in [5.74, 6) is -1.70. The maximum atomic E-state index is 12.1. The molecule has 0 unspecified atom stereocenters. The smallest absolute Gasteiger partial charge is 0.406 e. The molecule has 3 aromatic rings. The summed E-state index contributed by atoms with van der Waals surface area (Å²) in [7, 11) is 0. The van der Waals surface area contributed by atoms with Gasteiger partial charge in [0, 0.05) is 5.69 Å². The standard InChI is InChI=1S/C15H10F3N3O4S/c16-15(17,18)25-10-5-3-9(4-6-10)19-12(22)8-21-14(23)24-13(20-21)11-2-1-7-26-11/h1-7H,8H2,(H,19,22). The lowest BCUT2D eigenvalue weighted by Crippen LogP contribution is -2.25. The lowest BCUT2D eigenvalue weighted by Gasteiger charge is -2.09. The molecule has 26 heavy (non-hydrogen) atoms. The zero-order valence-corrected chi connectivity index (χ0v) is 13.6. The van der Waals surface area contributed by atoms with Crippen molar-refractivity contribution in [3.63, 3.8) is 0 Å². The van der Waals surface area contributed by atoms with Crippen molar-refractivity contribution in [3.05, 3.63) is 52.3 Å². The van der Waals surface area contributed by atoms with E-state index in [1.54, 1.807) is 17.5 Å². The summed E-state index contributed by atoms with van der Waals surface area (Å²) >= 11 is 1.32. The fourth-order valence-electron chi connectivity index (χ4n) is 1.98. The van der Waals surface area contributed by atoms with Crippen LogP contribution in [0.3, 0.4) is 0 Å². The van der Waals surface area contributed by atoms with E-state index in [-0.39, 0.29) is 11.6 Å².